The zero-order valence-corrected chi connectivity index (χ0v) is 17.8. The number of carbonyl (C=O) groups excluding carboxylic acids is 1. The Morgan fingerprint density at radius 3 is 2.50 bits per heavy atom. The topological polar surface area (TPSA) is 75.7 Å². The highest BCUT2D eigenvalue weighted by molar-refractivity contribution is 7.92. The summed E-state index contributed by atoms with van der Waals surface area (Å²) in [6, 6.07) is 13.0. The molecule has 2 aromatic rings. The van der Waals surface area contributed by atoms with E-state index in [4.69, 9.17) is 16.3 Å². The summed E-state index contributed by atoms with van der Waals surface area (Å²) in [4.78, 5) is 12.8. The Morgan fingerprint density at radius 2 is 1.89 bits per heavy atom. The molecule has 6 nitrogen and oxygen atoms in total. The molecule has 1 amide bonds. The van der Waals surface area contributed by atoms with Gasteiger partial charge >= 0.3 is 0 Å². The molecule has 0 heterocycles. The van der Waals surface area contributed by atoms with E-state index in [0.29, 0.717) is 23.7 Å². The maximum Gasteiger partial charge on any atom is 0.244 e. The van der Waals surface area contributed by atoms with E-state index < -0.39 is 16.1 Å². The maximum atomic E-state index is 12.8. The van der Waals surface area contributed by atoms with Crippen molar-refractivity contribution in [2.45, 2.75) is 32.9 Å². The average molecular weight is 425 g/mol. The van der Waals surface area contributed by atoms with Gasteiger partial charge in [-0.2, -0.15) is 0 Å². The van der Waals surface area contributed by atoms with Gasteiger partial charge in [-0.05, 0) is 49.2 Å². The monoisotopic (exact) mass is 424 g/mol. The predicted octanol–water partition coefficient (Wildman–Crippen LogP) is 3.60. The fourth-order valence-electron chi connectivity index (χ4n) is 2.89. The lowest BCUT2D eigenvalue weighted by molar-refractivity contribution is -0.122. The zero-order valence-electron chi connectivity index (χ0n) is 16.2. The van der Waals surface area contributed by atoms with Gasteiger partial charge in [0.25, 0.3) is 0 Å². The van der Waals surface area contributed by atoms with Crippen LogP contribution in [-0.4, -0.2) is 33.2 Å². The van der Waals surface area contributed by atoms with Crippen molar-refractivity contribution in [3.63, 3.8) is 0 Å². The average Bonchev–Trinajstić information content (AvgIpc) is 2.63. The van der Waals surface area contributed by atoms with E-state index >= 15 is 0 Å². The van der Waals surface area contributed by atoms with Gasteiger partial charge in [-0.1, -0.05) is 36.7 Å². The summed E-state index contributed by atoms with van der Waals surface area (Å²) >= 11 is 6.01. The summed E-state index contributed by atoms with van der Waals surface area (Å²) in [6.07, 6.45) is 1.39. The first-order chi connectivity index (χ1) is 13.3. The van der Waals surface area contributed by atoms with E-state index in [0.717, 1.165) is 21.9 Å². The van der Waals surface area contributed by atoms with Crippen LogP contribution >= 0.6 is 11.6 Å². The van der Waals surface area contributed by atoms with Crippen LogP contribution in [0.4, 0.5) is 5.69 Å². The molecular weight excluding hydrogens is 400 g/mol. The Balaban J connectivity index is 2.21. The van der Waals surface area contributed by atoms with Crippen molar-refractivity contribution in [3.05, 3.63) is 59.1 Å². The van der Waals surface area contributed by atoms with Crippen LogP contribution in [-0.2, 0) is 21.4 Å². The van der Waals surface area contributed by atoms with Crippen LogP contribution in [0.5, 0.6) is 5.75 Å². The van der Waals surface area contributed by atoms with Crippen molar-refractivity contribution in [2.24, 2.45) is 0 Å². The van der Waals surface area contributed by atoms with Gasteiger partial charge in [0.05, 0.1) is 18.6 Å². The molecule has 0 radical (unpaired) electrons. The molecule has 0 aromatic heterocycles. The number of halogens is 1. The zero-order chi connectivity index (χ0) is 20.7. The number of benzene rings is 2. The first-order valence-corrected chi connectivity index (χ1v) is 11.2. The number of hydrogen-bond acceptors (Lipinski definition) is 4. The number of amides is 1. The molecule has 0 spiro atoms. The SMILES string of the molecule is CCOc1cccc(CNC(=O)[C@H](CC)N(c2cccc(Cl)c2)S(C)(=O)=O)c1. The summed E-state index contributed by atoms with van der Waals surface area (Å²) in [7, 11) is -3.69. The first-order valence-electron chi connectivity index (χ1n) is 9.00. The third-order valence-corrected chi connectivity index (χ3v) is 5.48. The minimum absolute atomic E-state index is 0.267. The van der Waals surface area contributed by atoms with Crippen LogP contribution in [0.25, 0.3) is 0 Å². The number of sulfonamides is 1. The second-order valence-corrected chi connectivity index (χ2v) is 8.56. The number of anilines is 1. The molecule has 152 valence electrons. The van der Waals surface area contributed by atoms with E-state index in [9.17, 15) is 13.2 Å². The third-order valence-electron chi connectivity index (χ3n) is 4.07. The Morgan fingerprint density at radius 1 is 1.18 bits per heavy atom. The fraction of sp³-hybridized carbons (Fsp3) is 0.350. The lowest BCUT2D eigenvalue weighted by Crippen LogP contribution is -2.49. The number of nitrogens with one attached hydrogen (secondary N) is 1. The van der Waals surface area contributed by atoms with Gasteiger partial charge in [0.1, 0.15) is 11.8 Å². The van der Waals surface area contributed by atoms with E-state index in [-0.39, 0.29) is 12.5 Å². The molecule has 0 saturated heterocycles. The molecule has 1 atom stereocenters. The fourth-order valence-corrected chi connectivity index (χ4v) is 4.28. The minimum atomic E-state index is -3.69. The summed E-state index contributed by atoms with van der Waals surface area (Å²) in [5.41, 5.74) is 1.22. The number of carbonyl (C=O) groups is 1. The van der Waals surface area contributed by atoms with Gasteiger partial charge in [0, 0.05) is 11.6 Å². The normalized spacial score (nSPS) is 12.3. The highest BCUT2D eigenvalue weighted by atomic mass is 35.5. The number of ether oxygens (including phenoxy) is 1. The predicted molar refractivity (Wildman–Crippen MR) is 112 cm³/mol. The molecular formula is C20H25ClN2O4S. The van der Waals surface area contributed by atoms with Crippen molar-refractivity contribution >= 4 is 33.2 Å². The van der Waals surface area contributed by atoms with Crippen LogP contribution in [0.15, 0.2) is 48.5 Å². The minimum Gasteiger partial charge on any atom is -0.494 e. The van der Waals surface area contributed by atoms with E-state index in [1.165, 1.54) is 6.07 Å². The van der Waals surface area contributed by atoms with Gasteiger partial charge in [-0.3, -0.25) is 9.10 Å². The van der Waals surface area contributed by atoms with Crippen molar-refractivity contribution in [1.82, 2.24) is 5.32 Å². The van der Waals surface area contributed by atoms with E-state index in [1.807, 2.05) is 31.2 Å². The molecule has 0 unspecified atom stereocenters. The maximum absolute atomic E-state index is 12.8. The van der Waals surface area contributed by atoms with Gasteiger partial charge in [-0.15, -0.1) is 0 Å². The third kappa shape index (κ3) is 5.87. The molecule has 2 aromatic carbocycles. The second-order valence-electron chi connectivity index (χ2n) is 6.26. The van der Waals surface area contributed by atoms with Gasteiger partial charge in [-0.25, -0.2) is 8.42 Å². The largest absolute Gasteiger partial charge is 0.494 e. The van der Waals surface area contributed by atoms with Gasteiger partial charge < -0.3 is 10.1 Å². The quantitative estimate of drug-likeness (QED) is 0.667. The molecule has 2 rings (SSSR count). The van der Waals surface area contributed by atoms with Crippen LogP contribution in [0.2, 0.25) is 5.02 Å². The lowest BCUT2D eigenvalue weighted by Gasteiger charge is -2.30. The van der Waals surface area contributed by atoms with Gasteiger partial charge in [0.15, 0.2) is 0 Å². The van der Waals surface area contributed by atoms with Crippen LogP contribution in [0.1, 0.15) is 25.8 Å². The number of hydrogen-bond donors (Lipinski definition) is 1. The highest BCUT2D eigenvalue weighted by Gasteiger charge is 2.31. The Hall–Kier alpha value is -2.25. The Bertz CT molecular complexity index is 918. The molecule has 0 bridgehead atoms. The van der Waals surface area contributed by atoms with Crippen molar-refractivity contribution in [2.75, 3.05) is 17.2 Å². The molecule has 0 aliphatic rings. The molecule has 0 aliphatic heterocycles. The summed E-state index contributed by atoms with van der Waals surface area (Å²) < 4.78 is 31.4. The van der Waals surface area contributed by atoms with Gasteiger partial charge in [0.2, 0.25) is 15.9 Å². The molecule has 0 aliphatic carbocycles. The smallest absolute Gasteiger partial charge is 0.244 e. The molecule has 1 N–H and O–H groups in total. The molecule has 8 heteroatoms. The van der Waals surface area contributed by atoms with Crippen LogP contribution in [0, 0.1) is 0 Å². The molecule has 28 heavy (non-hydrogen) atoms. The number of nitrogens with zero attached hydrogens (tertiary/aromatic N) is 1. The highest BCUT2D eigenvalue weighted by Crippen LogP contribution is 2.25. The Kier molecular flexibility index (Phi) is 7.71. The van der Waals surface area contributed by atoms with Crippen LogP contribution in [0.3, 0.4) is 0 Å². The van der Waals surface area contributed by atoms with Crippen LogP contribution < -0.4 is 14.4 Å². The van der Waals surface area contributed by atoms with E-state index in [1.54, 1.807) is 25.1 Å². The molecule has 0 saturated carbocycles. The standard InChI is InChI=1S/C20H25ClN2O4S/c1-4-19(23(28(3,25)26)17-10-7-9-16(21)13-17)20(24)22-14-15-8-6-11-18(12-15)27-5-2/h6-13,19H,4-5,14H2,1-3H3,(H,22,24)/t19-/m0/s1. The summed E-state index contributed by atoms with van der Waals surface area (Å²) in [6.45, 7) is 4.48. The second kappa shape index (κ2) is 9.80. The van der Waals surface area contributed by atoms with Crippen molar-refractivity contribution in [1.29, 1.82) is 0 Å². The number of rotatable bonds is 9. The van der Waals surface area contributed by atoms with E-state index in [2.05, 4.69) is 5.32 Å². The van der Waals surface area contributed by atoms with Crippen molar-refractivity contribution < 1.29 is 17.9 Å². The lowest BCUT2D eigenvalue weighted by atomic mass is 10.1. The first kappa shape index (κ1) is 22.0. The van der Waals surface area contributed by atoms with Crippen molar-refractivity contribution in [3.8, 4) is 5.75 Å². The summed E-state index contributed by atoms with van der Waals surface area (Å²) in [5.74, 6) is 0.340. The summed E-state index contributed by atoms with van der Waals surface area (Å²) in [5, 5.41) is 3.22. The molecule has 0 fully saturated rings. The Labute approximate surface area is 171 Å².